The topological polar surface area (TPSA) is 47.8 Å². The number of aromatic nitrogens is 3. The van der Waals surface area contributed by atoms with Gasteiger partial charge in [-0.1, -0.05) is 20.8 Å². The highest BCUT2D eigenvalue weighted by Crippen LogP contribution is 2.24. The van der Waals surface area contributed by atoms with Gasteiger partial charge in [-0.3, -0.25) is 9.36 Å². The summed E-state index contributed by atoms with van der Waals surface area (Å²) in [5, 5.41) is 4.90. The fraction of sp³-hybridized carbons (Fsp3) is 0.357. The van der Waals surface area contributed by atoms with E-state index < -0.39 is 0 Å². The maximum Gasteiger partial charge on any atom is 0.271 e. The van der Waals surface area contributed by atoms with Crippen LogP contribution >= 0.6 is 22.7 Å². The average molecular weight is 305 g/mol. The number of hydrogen-bond acceptors (Lipinski definition) is 5. The van der Waals surface area contributed by atoms with Crippen LogP contribution in [0, 0.1) is 0 Å². The smallest absolute Gasteiger partial charge is 0.271 e. The first-order valence-corrected chi connectivity index (χ1v) is 8.08. The molecule has 20 heavy (non-hydrogen) atoms. The Labute approximate surface area is 124 Å². The molecule has 104 valence electrons. The Kier molecular flexibility index (Phi) is 3.22. The first-order chi connectivity index (χ1) is 9.45. The van der Waals surface area contributed by atoms with Crippen molar-refractivity contribution in [3.63, 3.8) is 0 Å². The number of nitrogens with zero attached hydrogens (tertiary/aromatic N) is 3. The number of hydrogen-bond donors (Lipinski definition) is 0. The molecule has 3 rings (SSSR count). The van der Waals surface area contributed by atoms with Crippen molar-refractivity contribution in [2.24, 2.45) is 0 Å². The van der Waals surface area contributed by atoms with Gasteiger partial charge in [0.1, 0.15) is 9.71 Å². The third-order valence-corrected chi connectivity index (χ3v) is 4.79. The minimum atomic E-state index is 0.0116. The Balaban J connectivity index is 1.95. The first-order valence-electron chi connectivity index (χ1n) is 6.33. The zero-order valence-electron chi connectivity index (χ0n) is 11.6. The Morgan fingerprint density at radius 1 is 1.30 bits per heavy atom. The molecule has 3 heterocycles. The first kappa shape index (κ1) is 13.5. The van der Waals surface area contributed by atoms with Crippen LogP contribution in [-0.4, -0.2) is 14.5 Å². The Morgan fingerprint density at radius 3 is 2.80 bits per heavy atom. The molecule has 0 aliphatic carbocycles. The van der Waals surface area contributed by atoms with E-state index in [1.807, 2.05) is 11.4 Å². The SMILES string of the molecule is CC(C)(C)c1csc(Cn2cnc3ccsc3c2=O)n1. The zero-order chi connectivity index (χ0) is 14.3. The van der Waals surface area contributed by atoms with Gasteiger partial charge in [0.2, 0.25) is 0 Å². The van der Waals surface area contributed by atoms with Crippen LogP contribution < -0.4 is 5.56 Å². The molecular weight excluding hydrogens is 290 g/mol. The van der Waals surface area contributed by atoms with Crippen LogP contribution in [0.4, 0.5) is 0 Å². The molecule has 0 saturated carbocycles. The molecule has 0 saturated heterocycles. The van der Waals surface area contributed by atoms with E-state index in [2.05, 4.69) is 36.1 Å². The maximum atomic E-state index is 12.3. The molecule has 3 aromatic heterocycles. The molecule has 0 amide bonds. The van der Waals surface area contributed by atoms with E-state index in [9.17, 15) is 4.79 Å². The molecule has 0 N–H and O–H groups in total. The molecule has 0 aromatic carbocycles. The lowest BCUT2D eigenvalue weighted by Gasteiger charge is -2.14. The van der Waals surface area contributed by atoms with Gasteiger partial charge >= 0.3 is 0 Å². The molecule has 0 aliphatic rings. The second kappa shape index (κ2) is 4.79. The van der Waals surface area contributed by atoms with Crippen molar-refractivity contribution in [1.82, 2.24) is 14.5 Å². The summed E-state index contributed by atoms with van der Waals surface area (Å²) in [4.78, 5) is 21.2. The average Bonchev–Trinajstić information content (AvgIpc) is 3.01. The Morgan fingerprint density at radius 2 is 2.10 bits per heavy atom. The Hall–Kier alpha value is -1.53. The number of fused-ring (bicyclic) bond motifs is 1. The maximum absolute atomic E-state index is 12.3. The summed E-state index contributed by atoms with van der Waals surface area (Å²) in [6.45, 7) is 6.90. The fourth-order valence-corrected chi connectivity index (χ4v) is 3.68. The van der Waals surface area contributed by atoms with Gasteiger partial charge in [-0.15, -0.1) is 22.7 Å². The van der Waals surface area contributed by atoms with Crippen LogP contribution in [0.1, 0.15) is 31.5 Å². The lowest BCUT2D eigenvalue weighted by atomic mass is 9.93. The highest BCUT2D eigenvalue weighted by atomic mass is 32.1. The highest BCUT2D eigenvalue weighted by molar-refractivity contribution is 7.17. The van der Waals surface area contributed by atoms with Gasteiger partial charge in [0.25, 0.3) is 5.56 Å². The van der Waals surface area contributed by atoms with Gasteiger partial charge in [0.15, 0.2) is 0 Å². The van der Waals surface area contributed by atoms with Gasteiger partial charge < -0.3 is 0 Å². The molecule has 6 heteroatoms. The summed E-state index contributed by atoms with van der Waals surface area (Å²) in [6.07, 6.45) is 1.61. The summed E-state index contributed by atoms with van der Waals surface area (Å²) in [6, 6.07) is 1.87. The predicted octanol–water partition coefficient (Wildman–Crippen LogP) is 3.26. The normalized spacial score (nSPS) is 12.2. The monoisotopic (exact) mass is 305 g/mol. The van der Waals surface area contributed by atoms with E-state index in [4.69, 9.17) is 0 Å². The van der Waals surface area contributed by atoms with Gasteiger partial charge in [0, 0.05) is 10.8 Å². The number of rotatable bonds is 2. The molecule has 0 fully saturated rings. The second-order valence-corrected chi connectivity index (χ2v) is 7.55. The van der Waals surface area contributed by atoms with Crippen LogP contribution in [0.3, 0.4) is 0 Å². The minimum Gasteiger partial charge on any atom is -0.291 e. The van der Waals surface area contributed by atoms with Crippen molar-refractivity contribution in [1.29, 1.82) is 0 Å². The summed E-state index contributed by atoms with van der Waals surface area (Å²) < 4.78 is 2.34. The number of thiazole rings is 1. The Bertz CT molecular complexity index is 808. The van der Waals surface area contributed by atoms with E-state index in [0.29, 0.717) is 11.2 Å². The summed E-state index contributed by atoms with van der Waals surface area (Å²) in [5.41, 5.74) is 1.88. The van der Waals surface area contributed by atoms with E-state index >= 15 is 0 Å². The molecule has 0 spiro atoms. The number of thiophene rings is 1. The summed E-state index contributed by atoms with van der Waals surface area (Å²) >= 11 is 3.03. The van der Waals surface area contributed by atoms with E-state index in [0.717, 1.165) is 16.2 Å². The third-order valence-electron chi connectivity index (χ3n) is 3.06. The molecule has 3 aromatic rings. The van der Waals surface area contributed by atoms with Crippen molar-refractivity contribution < 1.29 is 0 Å². The van der Waals surface area contributed by atoms with Crippen molar-refractivity contribution in [3.8, 4) is 0 Å². The van der Waals surface area contributed by atoms with Crippen LogP contribution in [-0.2, 0) is 12.0 Å². The lowest BCUT2D eigenvalue weighted by Crippen LogP contribution is -2.20. The molecule has 0 atom stereocenters. The quantitative estimate of drug-likeness (QED) is 0.730. The fourth-order valence-electron chi connectivity index (χ4n) is 1.87. The van der Waals surface area contributed by atoms with Crippen LogP contribution in [0.25, 0.3) is 10.2 Å². The zero-order valence-corrected chi connectivity index (χ0v) is 13.2. The van der Waals surface area contributed by atoms with Crippen LogP contribution in [0.15, 0.2) is 27.9 Å². The summed E-state index contributed by atoms with van der Waals surface area (Å²) in [5.74, 6) is 0. The molecule has 4 nitrogen and oxygen atoms in total. The lowest BCUT2D eigenvalue weighted by molar-refractivity contribution is 0.569. The van der Waals surface area contributed by atoms with Crippen molar-refractivity contribution in [2.45, 2.75) is 32.7 Å². The molecule has 0 radical (unpaired) electrons. The van der Waals surface area contributed by atoms with Gasteiger partial charge in [0.05, 0.1) is 24.1 Å². The van der Waals surface area contributed by atoms with Gasteiger partial charge in [-0.25, -0.2) is 9.97 Å². The predicted molar refractivity (Wildman–Crippen MR) is 83.8 cm³/mol. The second-order valence-electron chi connectivity index (χ2n) is 5.69. The highest BCUT2D eigenvalue weighted by Gasteiger charge is 2.17. The van der Waals surface area contributed by atoms with E-state index in [-0.39, 0.29) is 11.0 Å². The minimum absolute atomic E-state index is 0.0116. The largest absolute Gasteiger partial charge is 0.291 e. The van der Waals surface area contributed by atoms with Crippen LogP contribution in [0.2, 0.25) is 0 Å². The van der Waals surface area contributed by atoms with E-state index in [1.165, 1.54) is 11.3 Å². The van der Waals surface area contributed by atoms with Crippen LogP contribution in [0.5, 0.6) is 0 Å². The van der Waals surface area contributed by atoms with E-state index in [1.54, 1.807) is 22.2 Å². The molecular formula is C14H15N3OS2. The van der Waals surface area contributed by atoms with Gasteiger partial charge in [-0.05, 0) is 11.4 Å². The molecule has 0 aliphatic heterocycles. The van der Waals surface area contributed by atoms with Gasteiger partial charge in [-0.2, -0.15) is 0 Å². The van der Waals surface area contributed by atoms with Crippen molar-refractivity contribution in [2.75, 3.05) is 0 Å². The molecule has 0 unspecified atom stereocenters. The van der Waals surface area contributed by atoms with Crippen molar-refractivity contribution >= 4 is 32.9 Å². The van der Waals surface area contributed by atoms with Crippen molar-refractivity contribution in [3.05, 3.63) is 44.2 Å². The summed E-state index contributed by atoms with van der Waals surface area (Å²) in [7, 11) is 0. The standard InChI is InChI=1S/C14H15N3OS2/c1-14(2,3)10-7-20-11(16-10)6-17-8-15-9-4-5-19-12(9)13(17)18/h4-5,7-8H,6H2,1-3H3. The third kappa shape index (κ3) is 2.41. The molecule has 0 bridgehead atoms.